The van der Waals surface area contributed by atoms with Crippen molar-refractivity contribution in [2.45, 2.75) is 82.8 Å². The zero-order valence-corrected chi connectivity index (χ0v) is 12.3. The fourth-order valence-corrected chi connectivity index (χ4v) is 4.00. The molecule has 1 heterocycles. The average Bonchev–Trinajstić information content (AvgIpc) is 2.74. The fraction of sp³-hybridized carbons (Fsp3) is 1.00. The van der Waals surface area contributed by atoms with Crippen molar-refractivity contribution in [1.82, 2.24) is 5.32 Å². The summed E-state index contributed by atoms with van der Waals surface area (Å²) in [5, 5.41) is 3.34. The normalized spacial score (nSPS) is 28.7. The van der Waals surface area contributed by atoms with Crippen molar-refractivity contribution in [2.75, 3.05) is 13.6 Å². The molecule has 2 atom stereocenters. The van der Waals surface area contributed by atoms with E-state index in [1.807, 2.05) is 0 Å². The van der Waals surface area contributed by atoms with E-state index < -0.39 is 0 Å². The highest BCUT2D eigenvalue weighted by molar-refractivity contribution is 4.91. The van der Waals surface area contributed by atoms with Gasteiger partial charge in [-0.3, -0.25) is 0 Å². The number of hydrogen-bond donors (Lipinski definition) is 1. The molecule has 0 bridgehead atoms. The maximum Gasteiger partial charge on any atom is 0.0687 e. The van der Waals surface area contributed by atoms with Gasteiger partial charge in [0, 0.05) is 0 Å². The van der Waals surface area contributed by atoms with Crippen molar-refractivity contribution in [3.05, 3.63) is 0 Å². The molecular weight excluding hydrogens is 222 g/mol. The Morgan fingerprint density at radius 3 is 2.67 bits per heavy atom. The first-order valence-electron chi connectivity index (χ1n) is 8.10. The molecule has 1 spiro atoms. The van der Waals surface area contributed by atoms with Crippen molar-refractivity contribution in [1.29, 1.82) is 0 Å². The first kappa shape index (κ1) is 14.3. The lowest BCUT2D eigenvalue weighted by Gasteiger charge is -2.34. The quantitative estimate of drug-likeness (QED) is 0.775. The van der Waals surface area contributed by atoms with Crippen LogP contribution in [-0.4, -0.2) is 25.3 Å². The van der Waals surface area contributed by atoms with Crippen LogP contribution in [0.15, 0.2) is 0 Å². The summed E-state index contributed by atoms with van der Waals surface area (Å²) in [5.74, 6) is 0.809. The highest BCUT2D eigenvalue weighted by atomic mass is 16.5. The summed E-state index contributed by atoms with van der Waals surface area (Å²) in [6.45, 7) is 3.45. The zero-order chi connectivity index (χ0) is 12.8. The molecular formula is C16H31NO. The van der Waals surface area contributed by atoms with Crippen LogP contribution in [0.2, 0.25) is 0 Å². The van der Waals surface area contributed by atoms with Gasteiger partial charge < -0.3 is 10.1 Å². The first-order valence-corrected chi connectivity index (χ1v) is 8.10. The molecule has 0 aromatic carbocycles. The van der Waals surface area contributed by atoms with E-state index in [1.165, 1.54) is 64.2 Å². The molecule has 1 aliphatic carbocycles. The Hall–Kier alpha value is -0.0800. The molecule has 0 amide bonds. The molecule has 1 aliphatic heterocycles. The second-order valence-electron chi connectivity index (χ2n) is 6.47. The molecule has 0 aromatic rings. The minimum absolute atomic E-state index is 0.305. The maximum atomic E-state index is 6.49. The summed E-state index contributed by atoms with van der Waals surface area (Å²) < 4.78 is 6.49. The topological polar surface area (TPSA) is 21.3 Å². The highest BCUT2D eigenvalue weighted by Gasteiger charge is 2.40. The van der Waals surface area contributed by atoms with Crippen molar-refractivity contribution in [3.63, 3.8) is 0 Å². The van der Waals surface area contributed by atoms with E-state index in [-0.39, 0.29) is 0 Å². The molecule has 1 N–H and O–H groups in total. The Morgan fingerprint density at radius 2 is 2.00 bits per heavy atom. The predicted molar refractivity (Wildman–Crippen MR) is 76.9 cm³/mol. The third-order valence-electron chi connectivity index (χ3n) is 4.89. The Kier molecular flexibility index (Phi) is 5.50. The molecule has 0 radical (unpaired) electrons. The van der Waals surface area contributed by atoms with Crippen LogP contribution in [0.1, 0.15) is 71.1 Å². The largest absolute Gasteiger partial charge is 0.372 e. The summed E-state index contributed by atoms with van der Waals surface area (Å²) in [7, 11) is 2.07. The van der Waals surface area contributed by atoms with Gasteiger partial charge in [0.2, 0.25) is 0 Å². The van der Waals surface area contributed by atoms with Crippen LogP contribution in [0.5, 0.6) is 0 Å². The lowest BCUT2D eigenvalue weighted by Crippen LogP contribution is -2.32. The lowest BCUT2D eigenvalue weighted by molar-refractivity contribution is -0.0699. The molecule has 2 fully saturated rings. The van der Waals surface area contributed by atoms with Crippen molar-refractivity contribution in [2.24, 2.45) is 5.92 Å². The third kappa shape index (κ3) is 3.71. The molecule has 1 saturated heterocycles. The van der Waals surface area contributed by atoms with Crippen LogP contribution in [-0.2, 0) is 4.74 Å². The van der Waals surface area contributed by atoms with E-state index in [9.17, 15) is 0 Å². The summed E-state index contributed by atoms with van der Waals surface area (Å²) in [6.07, 6.45) is 14.0. The summed E-state index contributed by atoms with van der Waals surface area (Å²) in [4.78, 5) is 0. The number of nitrogens with one attached hydrogen (secondary N) is 1. The van der Waals surface area contributed by atoms with Crippen LogP contribution in [0.25, 0.3) is 0 Å². The van der Waals surface area contributed by atoms with E-state index in [4.69, 9.17) is 4.74 Å². The van der Waals surface area contributed by atoms with Gasteiger partial charge in [-0.25, -0.2) is 0 Å². The molecule has 2 rings (SSSR count). The van der Waals surface area contributed by atoms with E-state index in [0.717, 1.165) is 12.5 Å². The van der Waals surface area contributed by atoms with Crippen molar-refractivity contribution in [3.8, 4) is 0 Å². The number of hydrogen-bond acceptors (Lipinski definition) is 2. The lowest BCUT2D eigenvalue weighted by atomic mass is 9.83. The molecule has 0 aromatic heterocycles. The van der Waals surface area contributed by atoms with Gasteiger partial charge in [0.1, 0.15) is 0 Å². The van der Waals surface area contributed by atoms with E-state index >= 15 is 0 Å². The van der Waals surface area contributed by atoms with Gasteiger partial charge in [-0.1, -0.05) is 32.6 Å². The maximum absolute atomic E-state index is 6.49. The van der Waals surface area contributed by atoms with E-state index in [2.05, 4.69) is 19.3 Å². The summed E-state index contributed by atoms with van der Waals surface area (Å²) in [6, 6.07) is 0. The minimum atomic E-state index is 0.305. The Bertz CT molecular complexity index is 229. The van der Waals surface area contributed by atoms with Crippen LogP contribution < -0.4 is 5.32 Å². The van der Waals surface area contributed by atoms with E-state index in [1.54, 1.807) is 0 Å². The van der Waals surface area contributed by atoms with Crippen LogP contribution in [0.3, 0.4) is 0 Å². The first-order chi connectivity index (χ1) is 8.78. The van der Waals surface area contributed by atoms with Gasteiger partial charge in [-0.2, -0.15) is 0 Å². The highest BCUT2D eigenvalue weighted by Crippen LogP contribution is 2.43. The molecule has 2 nitrogen and oxygen atoms in total. The van der Waals surface area contributed by atoms with Gasteiger partial charge in [0.15, 0.2) is 0 Å². The minimum Gasteiger partial charge on any atom is -0.372 e. The number of ether oxygens (including phenoxy) is 1. The van der Waals surface area contributed by atoms with Gasteiger partial charge in [0.05, 0.1) is 11.7 Å². The second kappa shape index (κ2) is 6.91. The Morgan fingerprint density at radius 1 is 1.22 bits per heavy atom. The Balaban J connectivity index is 1.80. The van der Waals surface area contributed by atoms with Crippen LogP contribution >= 0.6 is 0 Å². The van der Waals surface area contributed by atoms with Gasteiger partial charge >= 0.3 is 0 Å². The van der Waals surface area contributed by atoms with Gasteiger partial charge in [-0.15, -0.1) is 0 Å². The monoisotopic (exact) mass is 253 g/mol. The van der Waals surface area contributed by atoms with Gasteiger partial charge in [0.25, 0.3) is 0 Å². The SMILES string of the molecule is CCCC(CNC)CC1CCC2(CCCCC2)O1. The molecule has 2 heteroatoms. The number of rotatable bonds is 6. The Labute approximate surface area is 113 Å². The second-order valence-corrected chi connectivity index (χ2v) is 6.47. The van der Waals surface area contributed by atoms with E-state index in [0.29, 0.717) is 11.7 Å². The van der Waals surface area contributed by atoms with Crippen LogP contribution in [0.4, 0.5) is 0 Å². The van der Waals surface area contributed by atoms with Crippen molar-refractivity contribution >= 4 is 0 Å². The molecule has 1 saturated carbocycles. The van der Waals surface area contributed by atoms with Crippen LogP contribution in [0, 0.1) is 5.92 Å². The molecule has 2 aliphatic rings. The molecule has 2 unspecified atom stereocenters. The zero-order valence-electron chi connectivity index (χ0n) is 12.3. The predicted octanol–water partition coefficient (Wildman–Crippen LogP) is 3.89. The molecule has 18 heavy (non-hydrogen) atoms. The third-order valence-corrected chi connectivity index (χ3v) is 4.89. The molecule has 106 valence electrons. The fourth-order valence-electron chi connectivity index (χ4n) is 4.00. The van der Waals surface area contributed by atoms with Gasteiger partial charge in [-0.05, 0) is 58.0 Å². The smallest absolute Gasteiger partial charge is 0.0687 e. The van der Waals surface area contributed by atoms with Crippen molar-refractivity contribution < 1.29 is 4.74 Å². The summed E-state index contributed by atoms with van der Waals surface area (Å²) >= 11 is 0. The summed E-state index contributed by atoms with van der Waals surface area (Å²) in [5.41, 5.74) is 0.305. The standard InChI is InChI=1S/C16H31NO/c1-3-7-14(13-17-2)12-15-8-11-16(18-15)9-5-4-6-10-16/h14-15,17H,3-13H2,1-2H3. The average molecular weight is 253 g/mol.